The summed E-state index contributed by atoms with van der Waals surface area (Å²) in [7, 11) is 0. The lowest BCUT2D eigenvalue weighted by atomic mass is 10.1. The van der Waals surface area contributed by atoms with Crippen LogP contribution in [0.25, 0.3) is 10.8 Å². The fraction of sp³-hybridized carbons (Fsp3) is 0. The number of carbonyl (C=O) groups excluding carboxylic acids is 2. The zero-order valence-electron chi connectivity index (χ0n) is 10.8. The Kier molecular flexibility index (Phi) is 5.14. The van der Waals surface area contributed by atoms with Gasteiger partial charge in [-0.05, 0) is 52.2 Å². The molecule has 0 N–H and O–H groups in total. The molecule has 0 atom stereocenters. The highest BCUT2D eigenvalue weighted by Gasteiger charge is 2.05. The Hall–Kier alpha value is -2.10. The summed E-state index contributed by atoms with van der Waals surface area (Å²) in [6, 6.07) is 16.3. The van der Waals surface area contributed by atoms with Crippen molar-refractivity contribution in [2.75, 3.05) is 0 Å². The van der Waals surface area contributed by atoms with Crippen LogP contribution >= 0.6 is 23.2 Å². The van der Waals surface area contributed by atoms with Gasteiger partial charge < -0.3 is 4.42 Å². The lowest BCUT2D eigenvalue weighted by Gasteiger charge is -2.00. The van der Waals surface area contributed by atoms with Gasteiger partial charge in [-0.15, -0.1) is 0 Å². The van der Waals surface area contributed by atoms with Crippen LogP contribution in [0.2, 0.25) is 0 Å². The monoisotopic (exact) mass is 320 g/mol. The van der Waals surface area contributed by atoms with E-state index in [4.69, 9.17) is 23.2 Å². The summed E-state index contributed by atoms with van der Waals surface area (Å²) in [6.07, 6.45) is 1.40. The summed E-state index contributed by atoms with van der Waals surface area (Å²) in [5.41, 5.74) is 0.569. The number of fused-ring (bicyclic) bond motifs is 1. The van der Waals surface area contributed by atoms with Crippen LogP contribution in [0.4, 0.5) is 0 Å². The highest BCUT2D eigenvalue weighted by atomic mass is 35.5. The van der Waals surface area contributed by atoms with Crippen LogP contribution in [0.1, 0.15) is 20.9 Å². The van der Waals surface area contributed by atoms with Gasteiger partial charge in [-0.3, -0.25) is 9.59 Å². The predicted molar refractivity (Wildman–Crippen MR) is 83.0 cm³/mol. The van der Waals surface area contributed by atoms with Crippen molar-refractivity contribution < 1.29 is 14.0 Å². The molecule has 0 aliphatic carbocycles. The van der Waals surface area contributed by atoms with E-state index in [1.807, 2.05) is 36.4 Å². The maximum Gasteiger partial charge on any atom is 0.287 e. The van der Waals surface area contributed by atoms with E-state index in [9.17, 15) is 9.59 Å². The van der Waals surface area contributed by atoms with Crippen LogP contribution in [0, 0.1) is 0 Å². The first-order valence-electron chi connectivity index (χ1n) is 6.00. The maximum atomic E-state index is 11.0. The second kappa shape index (κ2) is 7.07. The second-order valence-corrected chi connectivity index (χ2v) is 4.74. The maximum absolute atomic E-state index is 11.0. The van der Waals surface area contributed by atoms with Crippen LogP contribution in [-0.2, 0) is 0 Å². The van der Waals surface area contributed by atoms with Gasteiger partial charge in [0, 0.05) is 5.56 Å². The van der Waals surface area contributed by atoms with Crippen molar-refractivity contribution in [3.05, 3.63) is 72.2 Å². The molecule has 0 aliphatic heterocycles. The largest absolute Gasteiger partial charge is 0.460 e. The number of hydrogen-bond acceptors (Lipinski definition) is 3. The minimum Gasteiger partial charge on any atom is -0.460 e. The van der Waals surface area contributed by atoms with E-state index in [1.54, 1.807) is 12.1 Å². The zero-order valence-corrected chi connectivity index (χ0v) is 12.3. The summed E-state index contributed by atoms with van der Waals surface area (Å²) in [5, 5.41) is 0.978. The standard InChI is InChI=1S/C11H7ClO.C5H3ClO2/c12-11(13)10-7-3-5-8-4-1-2-6-9(8)10;6-5(7)4-2-1-3-8-4/h1-7H;1-3H. The van der Waals surface area contributed by atoms with Gasteiger partial charge in [-0.25, -0.2) is 0 Å². The fourth-order valence-electron chi connectivity index (χ4n) is 1.79. The van der Waals surface area contributed by atoms with Crippen molar-refractivity contribution in [3.63, 3.8) is 0 Å². The smallest absolute Gasteiger partial charge is 0.287 e. The first kappa shape index (κ1) is 15.3. The molecule has 0 fully saturated rings. The fourth-order valence-corrected chi connectivity index (χ4v) is 2.06. The van der Waals surface area contributed by atoms with Crippen molar-refractivity contribution >= 4 is 44.5 Å². The van der Waals surface area contributed by atoms with Crippen molar-refractivity contribution in [1.29, 1.82) is 0 Å². The average Bonchev–Trinajstić information content (AvgIpc) is 3.01. The third kappa shape index (κ3) is 3.94. The van der Waals surface area contributed by atoms with E-state index in [1.165, 1.54) is 12.3 Å². The molecule has 3 rings (SSSR count). The van der Waals surface area contributed by atoms with Gasteiger partial charge in [0.25, 0.3) is 10.5 Å². The molecule has 0 amide bonds. The van der Waals surface area contributed by atoms with Crippen LogP contribution in [0.5, 0.6) is 0 Å². The molecule has 3 nitrogen and oxygen atoms in total. The molecule has 0 saturated heterocycles. The summed E-state index contributed by atoms with van der Waals surface area (Å²) in [6.45, 7) is 0. The summed E-state index contributed by atoms with van der Waals surface area (Å²) in [5.74, 6) is 0.187. The lowest BCUT2D eigenvalue weighted by Crippen LogP contribution is -1.89. The van der Waals surface area contributed by atoms with Crippen LogP contribution in [0.15, 0.2) is 65.3 Å². The number of rotatable bonds is 2. The Labute approximate surface area is 131 Å². The molecule has 106 valence electrons. The zero-order chi connectivity index (χ0) is 15.2. The van der Waals surface area contributed by atoms with Crippen LogP contribution in [-0.4, -0.2) is 10.5 Å². The molecule has 0 radical (unpaired) electrons. The molecular weight excluding hydrogens is 311 g/mol. The minimum atomic E-state index is -0.560. The Balaban J connectivity index is 0.000000173. The molecule has 1 aromatic heterocycles. The van der Waals surface area contributed by atoms with Gasteiger partial charge in [-0.2, -0.15) is 0 Å². The molecule has 0 bridgehead atoms. The van der Waals surface area contributed by atoms with Gasteiger partial charge in [0.15, 0.2) is 5.76 Å². The molecule has 5 heteroatoms. The first-order chi connectivity index (χ1) is 10.1. The topological polar surface area (TPSA) is 47.3 Å². The number of hydrogen-bond donors (Lipinski definition) is 0. The molecule has 0 spiro atoms. The lowest BCUT2D eigenvalue weighted by molar-refractivity contribution is 0.105. The van der Waals surface area contributed by atoms with Crippen molar-refractivity contribution in [2.24, 2.45) is 0 Å². The molecule has 2 aromatic carbocycles. The summed E-state index contributed by atoms with van der Waals surface area (Å²) >= 11 is 10.5. The quantitative estimate of drug-likeness (QED) is 0.632. The van der Waals surface area contributed by atoms with Crippen LogP contribution in [0.3, 0.4) is 0 Å². The normalized spacial score (nSPS) is 9.81. The van der Waals surface area contributed by atoms with Gasteiger partial charge in [0.05, 0.1) is 6.26 Å². The third-order valence-electron chi connectivity index (χ3n) is 2.72. The van der Waals surface area contributed by atoms with Gasteiger partial charge in [0.1, 0.15) is 0 Å². The molecule has 21 heavy (non-hydrogen) atoms. The van der Waals surface area contributed by atoms with E-state index >= 15 is 0 Å². The second-order valence-electron chi connectivity index (χ2n) is 4.05. The van der Waals surface area contributed by atoms with Gasteiger partial charge in [-0.1, -0.05) is 36.4 Å². The van der Waals surface area contributed by atoms with Crippen molar-refractivity contribution in [2.45, 2.75) is 0 Å². The first-order valence-corrected chi connectivity index (χ1v) is 6.76. The number of benzene rings is 2. The molecule has 0 unspecified atom stereocenters. The van der Waals surface area contributed by atoms with Crippen molar-refractivity contribution in [3.8, 4) is 0 Å². The van der Waals surface area contributed by atoms with E-state index in [0.29, 0.717) is 5.56 Å². The molecule has 0 aliphatic rings. The van der Waals surface area contributed by atoms with Crippen LogP contribution < -0.4 is 0 Å². The molecular formula is C16H10Cl2O3. The molecule has 0 saturated carbocycles. The Morgan fingerprint density at radius 3 is 2.10 bits per heavy atom. The highest BCUT2D eigenvalue weighted by molar-refractivity contribution is 6.68. The minimum absolute atomic E-state index is 0.187. The Morgan fingerprint density at radius 1 is 0.810 bits per heavy atom. The Bertz CT molecular complexity index is 759. The number of carbonyl (C=O) groups is 2. The van der Waals surface area contributed by atoms with Gasteiger partial charge >= 0.3 is 0 Å². The third-order valence-corrected chi connectivity index (χ3v) is 3.11. The number of furan rings is 1. The number of halogens is 2. The highest BCUT2D eigenvalue weighted by Crippen LogP contribution is 2.19. The SMILES string of the molecule is O=C(Cl)c1cccc2ccccc12.O=C(Cl)c1ccco1. The van der Waals surface area contributed by atoms with E-state index in [2.05, 4.69) is 4.42 Å². The average molecular weight is 321 g/mol. The Morgan fingerprint density at radius 2 is 1.52 bits per heavy atom. The molecule has 1 heterocycles. The predicted octanol–water partition coefficient (Wildman–Crippen LogP) is 4.88. The van der Waals surface area contributed by atoms with E-state index in [-0.39, 0.29) is 5.76 Å². The van der Waals surface area contributed by atoms with E-state index in [0.717, 1.165) is 10.8 Å². The molecule has 3 aromatic rings. The summed E-state index contributed by atoms with van der Waals surface area (Å²) < 4.78 is 4.61. The van der Waals surface area contributed by atoms with E-state index < -0.39 is 10.5 Å². The van der Waals surface area contributed by atoms with Crippen molar-refractivity contribution in [1.82, 2.24) is 0 Å². The summed E-state index contributed by atoms with van der Waals surface area (Å²) in [4.78, 5) is 21.2. The van der Waals surface area contributed by atoms with Gasteiger partial charge in [0.2, 0.25) is 0 Å².